The molecule has 0 fully saturated rings. The van der Waals surface area contributed by atoms with Crippen molar-refractivity contribution >= 4 is 11.7 Å². The molecule has 2 N–H and O–H groups in total. The monoisotopic (exact) mass is 324 g/mol. The molecule has 0 atom stereocenters. The van der Waals surface area contributed by atoms with Gasteiger partial charge in [0.25, 0.3) is 5.91 Å². The maximum absolute atomic E-state index is 11.7. The Kier molecular flexibility index (Phi) is 6.15. The van der Waals surface area contributed by atoms with Crippen LogP contribution in [0.1, 0.15) is 29.8 Å². The van der Waals surface area contributed by atoms with Gasteiger partial charge in [0.15, 0.2) is 0 Å². The van der Waals surface area contributed by atoms with Gasteiger partial charge in [0.05, 0.1) is 18.2 Å². The molecule has 6 nitrogen and oxygen atoms in total. The molecular weight excluding hydrogens is 304 g/mol. The SMILES string of the molecule is C#CCNC(=O)c1ccc(NCc2ccc(OC(C)C)nc2)nc1. The minimum Gasteiger partial charge on any atom is -0.475 e. The molecule has 6 heteroatoms. The number of rotatable bonds is 7. The highest BCUT2D eigenvalue weighted by Gasteiger charge is 2.05. The lowest BCUT2D eigenvalue weighted by Crippen LogP contribution is -2.23. The van der Waals surface area contributed by atoms with Crippen LogP contribution in [-0.4, -0.2) is 28.5 Å². The normalized spacial score (nSPS) is 10.1. The van der Waals surface area contributed by atoms with Crippen LogP contribution in [0.2, 0.25) is 0 Å². The third-order valence-electron chi connectivity index (χ3n) is 3.00. The van der Waals surface area contributed by atoms with E-state index in [-0.39, 0.29) is 18.6 Å². The lowest BCUT2D eigenvalue weighted by atomic mass is 10.2. The summed E-state index contributed by atoms with van der Waals surface area (Å²) in [7, 11) is 0. The third kappa shape index (κ3) is 5.29. The van der Waals surface area contributed by atoms with Crippen molar-refractivity contribution in [2.24, 2.45) is 0 Å². The van der Waals surface area contributed by atoms with Gasteiger partial charge >= 0.3 is 0 Å². The van der Waals surface area contributed by atoms with Gasteiger partial charge in [0, 0.05) is 25.0 Å². The number of hydrogen-bond acceptors (Lipinski definition) is 5. The maximum atomic E-state index is 11.7. The van der Waals surface area contributed by atoms with Crippen molar-refractivity contribution in [3.63, 3.8) is 0 Å². The summed E-state index contributed by atoms with van der Waals surface area (Å²) >= 11 is 0. The fourth-order valence-electron chi connectivity index (χ4n) is 1.89. The van der Waals surface area contributed by atoms with E-state index in [2.05, 4.69) is 26.5 Å². The summed E-state index contributed by atoms with van der Waals surface area (Å²) in [6, 6.07) is 7.22. The molecule has 1 amide bonds. The Bertz CT molecular complexity index is 703. The number of carbonyl (C=O) groups excluding carboxylic acids is 1. The van der Waals surface area contributed by atoms with Crippen LogP contribution in [0.25, 0.3) is 0 Å². The van der Waals surface area contributed by atoms with Gasteiger partial charge in [-0.3, -0.25) is 4.79 Å². The molecule has 124 valence electrons. The van der Waals surface area contributed by atoms with Crippen molar-refractivity contribution in [1.29, 1.82) is 0 Å². The second kappa shape index (κ2) is 8.53. The smallest absolute Gasteiger partial charge is 0.253 e. The standard InChI is InChI=1S/C18H20N4O2/c1-4-9-19-18(23)15-6-7-16(21-12-15)20-10-14-5-8-17(22-11-14)24-13(2)3/h1,5-8,11-13H,9-10H2,2-3H3,(H,19,23)(H,20,21). The highest BCUT2D eigenvalue weighted by molar-refractivity contribution is 5.94. The van der Waals surface area contributed by atoms with Crippen LogP contribution in [-0.2, 0) is 6.54 Å². The van der Waals surface area contributed by atoms with Crippen molar-refractivity contribution < 1.29 is 9.53 Å². The van der Waals surface area contributed by atoms with E-state index in [0.29, 0.717) is 23.8 Å². The first-order valence-corrected chi connectivity index (χ1v) is 7.61. The number of nitrogens with zero attached hydrogens (tertiary/aromatic N) is 2. The number of aromatic nitrogens is 2. The fourth-order valence-corrected chi connectivity index (χ4v) is 1.89. The fraction of sp³-hybridized carbons (Fsp3) is 0.278. The number of nitrogens with one attached hydrogen (secondary N) is 2. The van der Waals surface area contributed by atoms with E-state index < -0.39 is 0 Å². The second-order valence-electron chi connectivity index (χ2n) is 5.34. The molecular formula is C18H20N4O2. The Hall–Kier alpha value is -3.07. The molecule has 2 aromatic heterocycles. The zero-order valence-corrected chi connectivity index (χ0v) is 13.7. The lowest BCUT2D eigenvalue weighted by molar-refractivity contribution is 0.0958. The van der Waals surface area contributed by atoms with E-state index in [0.717, 1.165) is 5.56 Å². The Morgan fingerprint density at radius 1 is 1.25 bits per heavy atom. The molecule has 0 radical (unpaired) electrons. The molecule has 0 aliphatic rings. The van der Waals surface area contributed by atoms with Crippen molar-refractivity contribution in [1.82, 2.24) is 15.3 Å². The number of pyridine rings is 2. The van der Waals surface area contributed by atoms with Gasteiger partial charge in [-0.15, -0.1) is 6.42 Å². The molecule has 0 saturated heterocycles. The number of terminal acetylenes is 1. The zero-order valence-electron chi connectivity index (χ0n) is 13.7. The first-order valence-electron chi connectivity index (χ1n) is 7.61. The highest BCUT2D eigenvalue weighted by Crippen LogP contribution is 2.11. The van der Waals surface area contributed by atoms with Crippen molar-refractivity contribution in [3.8, 4) is 18.2 Å². The minimum absolute atomic E-state index is 0.0991. The van der Waals surface area contributed by atoms with Gasteiger partial charge < -0.3 is 15.4 Å². The van der Waals surface area contributed by atoms with Gasteiger partial charge in [-0.2, -0.15) is 0 Å². The largest absolute Gasteiger partial charge is 0.475 e. The predicted octanol–water partition coefficient (Wildman–Crippen LogP) is 2.24. The molecule has 0 unspecified atom stereocenters. The average Bonchev–Trinajstić information content (AvgIpc) is 2.59. The van der Waals surface area contributed by atoms with Crippen LogP contribution in [0.4, 0.5) is 5.82 Å². The molecule has 0 spiro atoms. The van der Waals surface area contributed by atoms with Gasteiger partial charge in [-0.1, -0.05) is 12.0 Å². The average molecular weight is 324 g/mol. The number of anilines is 1. The number of ether oxygens (including phenoxy) is 1. The number of hydrogen-bond donors (Lipinski definition) is 2. The molecule has 2 heterocycles. The van der Waals surface area contributed by atoms with Gasteiger partial charge in [-0.05, 0) is 31.5 Å². The zero-order chi connectivity index (χ0) is 17.4. The molecule has 2 rings (SSSR count). The molecule has 0 bridgehead atoms. The molecule has 0 aliphatic heterocycles. The number of amides is 1. The van der Waals surface area contributed by atoms with Crippen molar-refractivity contribution in [3.05, 3.63) is 47.8 Å². The van der Waals surface area contributed by atoms with Crippen LogP contribution in [0, 0.1) is 12.3 Å². The summed E-state index contributed by atoms with van der Waals surface area (Å²) in [4.78, 5) is 20.2. The van der Waals surface area contributed by atoms with Gasteiger partial charge in [-0.25, -0.2) is 9.97 Å². The topological polar surface area (TPSA) is 76.1 Å². The molecule has 0 saturated carbocycles. The van der Waals surface area contributed by atoms with Crippen molar-refractivity contribution in [2.75, 3.05) is 11.9 Å². The summed E-state index contributed by atoms with van der Waals surface area (Å²) in [5.41, 5.74) is 1.47. The Morgan fingerprint density at radius 2 is 2.08 bits per heavy atom. The Morgan fingerprint density at radius 3 is 2.67 bits per heavy atom. The molecule has 2 aromatic rings. The summed E-state index contributed by atoms with van der Waals surface area (Å²) in [6.07, 6.45) is 8.46. The quantitative estimate of drug-likeness (QED) is 0.764. The van der Waals surface area contributed by atoms with Gasteiger partial charge in [0.1, 0.15) is 5.82 Å². The summed E-state index contributed by atoms with van der Waals surface area (Å²) in [5, 5.41) is 5.76. The maximum Gasteiger partial charge on any atom is 0.253 e. The summed E-state index contributed by atoms with van der Waals surface area (Å²) < 4.78 is 5.50. The van der Waals surface area contributed by atoms with Crippen LogP contribution < -0.4 is 15.4 Å². The van der Waals surface area contributed by atoms with Crippen LogP contribution in [0.5, 0.6) is 5.88 Å². The lowest BCUT2D eigenvalue weighted by Gasteiger charge is -2.10. The van der Waals surface area contributed by atoms with Gasteiger partial charge in [0.2, 0.25) is 5.88 Å². The first kappa shape index (κ1) is 17.3. The Labute approximate surface area is 141 Å². The number of carbonyl (C=O) groups is 1. The van der Waals surface area contributed by atoms with Crippen LogP contribution in [0.3, 0.4) is 0 Å². The van der Waals surface area contributed by atoms with E-state index in [1.165, 1.54) is 6.20 Å². The predicted molar refractivity (Wildman–Crippen MR) is 92.7 cm³/mol. The van der Waals surface area contributed by atoms with Crippen LogP contribution in [0.15, 0.2) is 36.7 Å². The minimum atomic E-state index is -0.239. The van der Waals surface area contributed by atoms with Crippen molar-refractivity contribution in [2.45, 2.75) is 26.5 Å². The highest BCUT2D eigenvalue weighted by atomic mass is 16.5. The van der Waals surface area contributed by atoms with E-state index in [1.54, 1.807) is 18.3 Å². The molecule has 0 aromatic carbocycles. The first-order chi connectivity index (χ1) is 11.6. The van der Waals surface area contributed by atoms with E-state index in [9.17, 15) is 4.79 Å². The van der Waals surface area contributed by atoms with Crippen LogP contribution >= 0.6 is 0 Å². The Balaban J connectivity index is 1.88. The third-order valence-corrected chi connectivity index (χ3v) is 3.00. The second-order valence-corrected chi connectivity index (χ2v) is 5.34. The van der Waals surface area contributed by atoms with E-state index in [4.69, 9.17) is 11.2 Å². The molecule has 24 heavy (non-hydrogen) atoms. The summed E-state index contributed by atoms with van der Waals surface area (Å²) in [6.45, 7) is 4.69. The molecule has 0 aliphatic carbocycles. The van der Waals surface area contributed by atoms with E-state index >= 15 is 0 Å². The summed E-state index contributed by atoms with van der Waals surface area (Å²) in [5.74, 6) is 3.39. The van der Waals surface area contributed by atoms with E-state index in [1.807, 2.05) is 26.0 Å².